The van der Waals surface area contributed by atoms with Crippen LogP contribution < -0.4 is 9.47 Å². The number of hydrogen-bond donors (Lipinski definition) is 0. The van der Waals surface area contributed by atoms with E-state index < -0.39 is 0 Å². The van der Waals surface area contributed by atoms with Crippen LogP contribution in [0.25, 0.3) is 10.8 Å². The number of benzene rings is 1. The van der Waals surface area contributed by atoms with Crippen molar-refractivity contribution < 1.29 is 35.7 Å². The van der Waals surface area contributed by atoms with Gasteiger partial charge in [-0.1, -0.05) is 11.5 Å². The van der Waals surface area contributed by atoms with Crippen LogP contribution in [0.4, 0.5) is 0 Å². The minimum absolute atomic E-state index is 0. The Bertz CT molecular complexity index is 382. The first-order chi connectivity index (χ1) is 6.36. The van der Waals surface area contributed by atoms with E-state index in [0.29, 0.717) is 0 Å². The molecule has 0 aromatic heterocycles. The molecule has 14 heavy (non-hydrogen) atoms. The maximum atomic E-state index is 5.23. The molecule has 0 radical (unpaired) electrons. The summed E-state index contributed by atoms with van der Waals surface area (Å²) in [6.07, 6.45) is 0. The Labute approximate surface area is 102 Å². The molecule has 0 amide bonds. The third kappa shape index (κ3) is 1.74. The Morgan fingerprint density at radius 1 is 1.00 bits per heavy atom. The average Bonchev–Trinajstić information content (AvgIpc) is 2.64. The molecule has 0 fully saturated rings. The Morgan fingerprint density at radius 3 is 2.29 bits per heavy atom. The number of ether oxygens (including phenoxy) is 2. The van der Waals surface area contributed by atoms with Crippen LogP contribution in [0.3, 0.4) is 0 Å². The first-order valence-corrected chi connectivity index (χ1v) is 4.13. The quantitative estimate of drug-likeness (QED) is 0.778. The van der Waals surface area contributed by atoms with Crippen LogP contribution in [0.15, 0.2) is 30.3 Å². The number of fused-ring (bicyclic) bond motifs is 1. The summed E-state index contributed by atoms with van der Waals surface area (Å²) in [6.45, 7) is 0. The molecule has 72 valence electrons. The van der Waals surface area contributed by atoms with E-state index in [1.807, 2.05) is 30.3 Å². The zero-order chi connectivity index (χ0) is 9.26. The summed E-state index contributed by atoms with van der Waals surface area (Å²) >= 11 is 0. The average molecular weight is 266 g/mol. The van der Waals surface area contributed by atoms with Crippen LogP contribution in [-0.2, 0) is 26.2 Å². The standard InChI is InChI=1S/C11H11O2.Zr/c1-12-10-6-7-11(13-2)9-5-3-4-8(9)10;/h3-7H,1-2H3;/q-1;. The Hall–Kier alpha value is -0.687. The molecule has 0 aliphatic carbocycles. The molecule has 0 aliphatic heterocycles. The number of rotatable bonds is 2. The summed E-state index contributed by atoms with van der Waals surface area (Å²) < 4.78 is 10.5. The van der Waals surface area contributed by atoms with Gasteiger partial charge < -0.3 is 9.47 Å². The van der Waals surface area contributed by atoms with Gasteiger partial charge in [-0.25, -0.2) is 0 Å². The second kappa shape index (κ2) is 4.70. The predicted octanol–water partition coefficient (Wildman–Crippen LogP) is 2.57. The van der Waals surface area contributed by atoms with Crippen molar-refractivity contribution in [1.29, 1.82) is 0 Å². The summed E-state index contributed by atoms with van der Waals surface area (Å²) in [5.74, 6) is 1.78. The number of methoxy groups -OCH3 is 2. The van der Waals surface area contributed by atoms with Gasteiger partial charge in [-0.05, 0) is 6.07 Å². The van der Waals surface area contributed by atoms with E-state index >= 15 is 0 Å². The predicted molar refractivity (Wildman–Crippen MR) is 52.6 cm³/mol. The number of hydrogen-bond acceptors (Lipinski definition) is 2. The van der Waals surface area contributed by atoms with E-state index in [1.165, 1.54) is 0 Å². The molecular formula is C11H11O2Zr-. The zero-order valence-corrected chi connectivity index (χ0v) is 10.7. The van der Waals surface area contributed by atoms with Gasteiger partial charge in [0.15, 0.2) is 0 Å². The second-order valence-electron chi connectivity index (χ2n) is 2.82. The van der Waals surface area contributed by atoms with Crippen LogP contribution in [0.1, 0.15) is 0 Å². The molecule has 2 aromatic rings. The summed E-state index contributed by atoms with van der Waals surface area (Å²) in [7, 11) is 3.35. The minimum Gasteiger partial charge on any atom is -0.539 e. The molecule has 2 nitrogen and oxygen atoms in total. The van der Waals surface area contributed by atoms with Crippen molar-refractivity contribution in [2.75, 3.05) is 14.2 Å². The molecular weight excluding hydrogens is 255 g/mol. The van der Waals surface area contributed by atoms with Crippen LogP contribution in [0.5, 0.6) is 11.5 Å². The van der Waals surface area contributed by atoms with Gasteiger partial charge in [0.25, 0.3) is 0 Å². The van der Waals surface area contributed by atoms with Crippen molar-refractivity contribution in [3.63, 3.8) is 0 Å². The van der Waals surface area contributed by atoms with Crippen LogP contribution in [0, 0.1) is 0 Å². The molecule has 0 spiro atoms. The van der Waals surface area contributed by atoms with Gasteiger partial charge in [0.05, 0.1) is 20.0 Å². The molecule has 2 aromatic carbocycles. The van der Waals surface area contributed by atoms with Crippen molar-refractivity contribution in [3.8, 4) is 11.5 Å². The third-order valence-corrected chi connectivity index (χ3v) is 2.17. The van der Waals surface area contributed by atoms with Crippen molar-refractivity contribution >= 4 is 10.8 Å². The molecule has 0 aliphatic rings. The van der Waals surface area contributed by atoms with Crippen molar-refractivity contribution in [1.82, 2.24) is 0 Å². The summed E-state index contributed by atoms with van der Waals surface area (Å²) in [6, 6.07) is 9.88. The van der Waals surface area contributed by atoms with Crippen LogP contribution in [0.2, 0.25) is 0 Å². The SMILES string of the molecule is COc1ccc(OC)c2[cH-]ccc12.[Zr]. The molecule has 0 unspecified atom stereocenters. The van der Waals surface area contributed by atoms with Gasteiger partial charge in [-0.15, -0.1) is 11.5 Å². The molecule has 0 atom stereocenters. The van der Waals surface area contributed by atoms with Crippen LogP contribution in [-0.4, -0.2) is 14.2 Å². The van der Waals surface area contributed by atoms with Crippen LogP contribution >= 0.6 is 0 Å². The van der Waals surface area contributed by atoms with E-state index in [9.17, 15) is 0 Å². The Morgan fingerprint density at radius 2 is 1.64 bits per heavy atom. The fourth-order valence-corrected chi connectivity index (χ4v) is 1.54. The van der Waals surface area contributed by atoms with Crippen molar-refractivity contribution in [2.24, 2.45) is 0 Å². The fourth-order valence-electron chi connectivity index (χ4n) is 1.54. The Kier molecular flexibility index (Phi) is 3.82. The van der Waals surface area contributed by atoms with Crippen molar-refractivity contribution in [3.05, 3.63) is 30.3 Å². The van der Waals surface area contributed by atoms with E-state index in [-0.39, 0.29) is 26.2 Å². The van der Waals surface area contributed by atoms with Gasteiger partial charge >= 0.3 is 0 Å². The summed E-state index contributed by atoms with van der Waals surface area (Å²) in [5.41, 5.74) is 0. The van der Waals surface area contributed by atoms with E-state index in [4.69, 9.17) is 9.47 Å². The van der Waals surface area contributed by atoms with Crippen molar-refractivity contribution in [2.45, 2.75) is 0 Å². The van der Waals surface area contributed by atoms with Gasteiger partial charge in [0.1, 0.15) is 0 Å². The van der Waals surface area contributed by atoms with Gasteiger partial charge in [0, 0.05) is 32.0 Å². The molecule has 3 heteroatoms. The largest absolute Gasteiger partial charge is 0.539 e. The monoisotopic (exact) mass is 265 g/mol. The van der Waals surface area contributed by atoms with E-state index in [2.05, 4.69) is 0 Å². The molecule has 0 saturated heterocycles. The topological polar surface area (TPSA) is 18.5 Å². The third-order valence-electron chi connectivity index (χ3n) is 2.17. The second-order valence-corrected chi connectivity index (χ2v) is 2.82. The molecule has 0 heterocycles. The molecule has 0 N–H and O–H groups in total. The minimum atomic E-state index is 0. The molecule has 0 bridgehead atoms. The molecule has 2 rings (SSSR count). The van der Waals surface area contributed by atoms with E-state index in [1.54, 1.807) is 14.2 Å². The van der Waals surface area contributed by atoms with E-state index in [0.717, 1.165) is 22.3 Å². The normalized spacial score (nSPS) is 9.57. The zero-order valence-electron chi connectivity index (χ0n) is 8.20. The smallest absolute Gasteiger partial charge is 0.0763 e. The first kappa shape index (κ1) is 11.4. The molecule has 0 saturated carbocycles. The van der Waals surface area contributed by atoms with Gasteiger partial charge in [-0.3, -0.25) is 0 Å². The maximum Gasteiger partial charge on any atom is 0.0763 e. The fraction of sp³-hybridized carbons (Fsp3) is 0.182. The van der Waals surface area contributed by atoms with Gasteiger partial charge in [0.2, 0.25) is 0 Å². The summed E-state index contributed by atoms with van der Waals surface area (Å²) in [5, 5.41) is 2.20. The first-order valence-electron chi connectivity index (χ1n) is 4.13. The summed E-state index contributed by atoms with van der Waals surface area (Å²) in [4.78, 5) is 0. The maximum absolute atomic E-state index is 5.23. The van der Waals surface area contributed by atoms with Gasteiger partial charge in [-0.2, -0.15) is 12.1 Å². The Balaban J connectivity index is 0.000000980.